The average Bonchev–Trinajstić information content (AvgIpc) is 2.60. The summed E-state index contributed by atoms with van der Waals surface area (Å²) in [6.45, 7) is 21.3. The lowest BCUT2D eigenvalue weighted by Crippen LogP contribution is -1.69. The lowest BCUT2D eigenvalue weighted by molar-refractivity contribution is 0.728. The Hall–Kier alpha value is -0.300. The van der Waals surface area contributed by atoms with E-state index in [1.807, 2.05) is 13.8 Å². The normalized spacial score (nSPS) is 7.65. The first-order chi connectivity index (χ1) is 11.2. The predicted octanol–water partition coefficient (Wildman–Crippen LogP) is 8.77. The van der Waals surface area contributed by atoms with Crippen molar-refractivity contribution >= 4 is 0 Å². The standard InChI is InChI=1S/C9H18.C4H10.2C3H8.C2H6.CH5N/c1-3-5-7-9-8-6-4-2;1-3-4-2;2*1-3-2;2*1-2/h5,7H,3-4,6,8-9H2,1-2H3;3-4H2,1-2H3;2*3H2,1-2H3;1-2H3;2H2,1H3/b7-5-;;;;;. The number of allylic oxidation sites excluding steroid dienone is 2. The van der Waals surface area contributed by atoms with Crippen LogP contribution >= 0.6 is 0 Å². The van der Waals surface area contributed by atoms with Crippen LogP contribution in [0.2, 0.25) is 0 Å². The lowest BCUT2D eigenvalue weighted by atomic mass is 10.2. The molecule has 0 unspecified atom stereocenters. The van der Waals surface area contributed by atoms with E-state index in [0.29, 0.717) is 0 Å². The molecule has 0 saturated carbocycles. The van der Waals surface area contributed by atoms with Crippen molar-refractivity contribution in [1.29, 1.82) is 0 Å². The Labute approximate surface area is 152 Å². The highest BCUT2D eigenvalue weighted by atomic mass is 14.4. The van der Waals surface area contributed by atoms with E-state index in [4.69, 9.17) is 0 Å². The molecule has 0 aromatic carbocycles. The van der Waals surface area contributed by atoms with Gasteiger partial charge >= 0.3 is 0 Å². The first-order valence-electron chi connectivity index (χ1n) is 10.4. The molecule has 0 aliphatic carbocycles. The SMILES string of the molecule is CC.CC/C=C\CCCCC.CCC.CCC.CCCC.CN. The van der Waals surface area contributed by atoms with Crippen LogP contribution in [0.5, 0.6) is 0 Å². The van der Waals surface area contributed by atoms with Crippen molar-refractivity contribution in [2.75, 3.05) is 7.05 Å². The lowest BCUT2D eigenvalue weighted by Gasteiger charge is -1.89. The van der Waals surface area contributed by atoms with Crippen molar-refractivity contribution in [2.45, 2.75) is 127 Å². The number of hydrogen-bond acceptors (Lipinski definition) is 1. The van der Waals surface area contributed by atoms with Gasteiger partial charge in [-0.1, -0.05) is 120 Å². The summed E-state index contributed by atoms with van der Waals surface area (Å²) in [5, 5.41) is 0. The smallest absolute Gasteiger partial charge is 0.0195 e. The Balaban J connectivity index is -0.0000000435. The zero-order valence-electron chi connectivity index (χ0n) is 19.1. The Bertz CT molecular complexity index is 105. The molecular weight excluding hydrogens is 278 g/mol. The molecule has 0 spiro atoms. The molecule has 148 valence electrons. The fourth-order valence-corrected chi connectivity index (χ4v) is 0.797. The molecule has 0 bridgehead atoms. The molecule has 0 aliphatic heterocycles. The van der Waals surface area contributed by atoms with Gasteiger partial charge < -0.3 is 5.73 Å². The molecule has 2 N–H and O–H groups in total. The second-order valence-corrected chi connectivity index (χ2v) is 4.79. The van der Waals surface area contributed by atoms with E-state index >= 15 is 0 Å². The summed E-state index contributed by atoms with van der Waals surface area (Å²) in [6.07, 6.45) is 16.2. The Morgan fingerprint density at radius 3 is 1.13 bits per heavy atom. The third kappa shape index (κ3) is 188. The van der Waals surface area contributed by atoms with Crippen LogP contribution in [-0.2, 0) is 0 Å². The van der Waals surface area contributed by atoms with Gasteiger partial charge in [-0.05, 0) is 26.3 Å². The summed E-state index contributed by atoms with van der Waals surface area (Å²) in [7, 11) is 1.50. The van der Waals surface area contributed by atoms with Crippen molar-refractivity contribution in [2.24, 2.45) is 5.73 Å². The van der Waals surface area contributed by atoms with Gasteiger partial charge in [0.15, 0.2) is 0 Å². The van der Waals surface area contributed by atoms with Gasteiger partial charge in [-0.25, -0.2) is 0 Å². The molecular formula is C22H55N. The second-order valence-electron chi connectivity index (χ2n) is 4.79. The molecule has 0 amide bonds. The van der Waals surface area contributed by atoms with Gasteiger partial charge in [0.05, 0.1) is 0 Å². The largest absolute Gasteiger partial charge is 0.333 e. The van der Waals surface area contributed by atoms with Gasteiger partial charge in [0.2, 0.25) is 0 Å². The number of rotatable bonds is 6. The van der Waals surface area contributed by atoms with Crippen molar-refractivity contribution in [3.05, 3.63) is 12.2 Å². The molecule has 0 radical (unpaired) electrons. The van der Waals surface area contributed by atoms with Crippen LogP contribution in [-0.4, -0.2) is 7.05 Å². The van der Waals surface area contributed by atoms with E-state index in [1.54, 1.807) is 0 Å². The highest BCUT2D eigenvalue weighted by molar-refractivity contribution is 4.79. The van der Waals surface area contributed by atoms with Crippen LogP contribution in [0.3, 0.4) is 0 Å². The average molecular weight is 334 g/mol. The summed E-state index contributed by atoms with van der Waals surface area (Å²) in [6, 6.07) is 0. The molecule has 1 heteroatoms. The Kier molecular flexibility index (Phi) is 135. The summed E-state index contributed by atoms with van der Waals surface area (Å²) >= 11 is 0. The van der Waals surface area contributed by atoms with E-state index in [1.165, 1.54) is 64.8 Å². The monoisotopic (exact) mass is 333 g/mol. The Morgan fingerprint density at radius 2 is 0.913 bits per heavy atom. The zero-order valence-corrected chi connectivity index (χ0v) is 19.1. The molecule has 0 rings (SSSR count). The third-order valence-electron chi connectivity index (χ3n) is 1.88. The summed E-state index contributed by atoms with van der Waals surface area (Å²) in [4.78, 5) is 0. The number of unbranched alkanes of at least 4 members (excludes halogenated alkanes) is 4. The van der Waals surface area contributed by atoms with Crippen LogP contribution in [0.1, 0.15) is 127 Å². The van der Waals surface area contributed by atoms with E-state index in [2.05, 4.69) is 73.3 Å². The molecule has 1 nitrogen and oxygen atoms in total. The minimum atomic E-state index is 1.19. The fraction of sp³-hybridized carbons (Fsp3) is 0.909. The van der Waals surface area contributed by atoms with Crippen molar-refractivity contribution in [3.63, 3.8) is 0 Å². The number of nitrogens with two attached hydrogens (primary N) is 1. The van der Waals surface area contributed by atoms with E-state index in [9.17, 15) is 0 Å². The maximum Gasteiger partial charge on any atom is -0.0195 e. The van der Waals surface area contributed by atoms with Crippen LogP contribution < -0.4 is 5.73 Å². The summed E-state index contributed by atoms with van der Waals surface area (Å²) < 4.78 is 0. The van der Waals surface area contributed by atoms with Gasteiger partial charge in [0.25, 0.3) is 0 Å². The minimum absolute atomic E-state index is 1.19. The van der Waals surface area contributed by atoms with Gasteiger partial charge in [0.1, 0.15) is 0 Å². The van der Waals surface area contributed by atoms with Crippen molar-refractivity contribution in [3.8, 4) is 0 Å². The molecule has 0 saturated heterocycles. The predicted molar refractivity (Wildman–Crippen MR) is 118 cm³/mol. The quantitative estimate of drug-likeness (QED) is 0.381. The second kappa shape index (κ2) is 81.2. The topological polar surface area (TPSA) is 26.0 Å². The van der Waals surface area contributed by atoms with Crippen LogP contribution in [0.25, 0.3) is 0 Å². The van der Waals surface area contributed by atoms with Gasteiger partial charge in [-0.2, -0.15) is 0 Å². The van der Waals surface area contributed by atoms with Crippen molar-refractivity contribution < 1.29 is 0 Å². The summed E-state index contributed by atoms with van der Waals surface area (Å²) in [5.41, 5.74) is 4.50. The van der Waals surface area contributed by atoms with Gasteiger partial charge in [0, 0.05) is 0 Å². The molecule has 0 fully saturated rings. The third-order valence-corrected chi connectivity index (χ3v) is 1.88. The zero-order chi connectivity index (χ0) is 19.8. The van der Waals surface area contributed by atoms with Crippen LogP contribution in [0.15, 0.2) is 12.2 Å². The highest BCUT2D eigenvalue weighted by Gasteiger charge is 1.79. The Morgan fingerprint density at radius 1 is 0.565 bits per heavy atom. The van der Waals surface area contributed by atoms with E-state index in [-0.39, 0.29) is 0 Å². The maximum absolute atomic E-state index is 4.50. The van der Waals surface area contributed by atoms with Crippen LogP contribution in [0.4, 0.5) is 0 Å². The molecule has 0 aromatic rings. The molecule has 0 aromatic heterocycles. The van der Waals surface area contributed by atoms with Gasteiger partial charge in [-0.3, -0.25) is 0 Å². The molecule has 0 aliphatic rings. The fourth-order valence-electron chi connectivity index (χ4n) is 0.797. The first kappa shape index (κ1) is 38.3. The summed E-state index contributed by atoms with van der Waals surface area (Å²) in [5.74, 6) is 0. The van der Waals surface area contributed by atoms with Crippen molar-refractivity contribution in [1.82, 2.24) is 0 Å². The van der Waals surface area contributed by atoms with Gasteiger partial charge in [-0.15, -0.1) is 0 Å². The molecule has 0 atom stereocenters. The first-order valence-corrected chi connectivity index (χ1v) is 10.4. The maximum atomic E-state index is 4.50. The number of hydrogen-bond donors (Lipinski definition) is 1. The van der Waals surface area contributed by atoms with Crippen LogP contribution in [0, 0.1) is 0 Å². The molecule has 0 heterocycles. The van der Waals surface area contributed by atoms with E-state index in [0.717, 1.165) is 0 Å². The minimum Gasteiger partial charge on any atom is -0.333 e. The van der Waals surface area contributed by atoms with E-state index < -0.39 is 0 Å². The highest BCUT2D eigenvalue weighted by Crippen LogP contribution is 1.99. The molecule has 23 heavy (non-hydrogen) atoms.